The molecule has 6 heteroatoms. The number of hydrogen-bond donors (Lipinski definition) is 2. The van der Waals surface area contributed by atoms with Gasteiger partial charge in [0.15, 0.2) is 11.5 Å². The second-order valence-electron chi connectivity index (χ2n) is 4.25. The Kier molecular flexibility index (Phi) is 3.57. The molecule has 6 nitrogen and oxygen atoms in total. The number of aryl methyl sites for hydroxylation is 1. The zero-order valence-electron chi connectivity index (χ0n) is 10.5. The molecule has 0 saturated heterocycles. The molecule has 0 radical (unpaired) electrons. The molecule has 2 rings (SSSR count). The maximum absolute atomic E-state index is 11.3. The lowest BCUT2D eigenvalue weighted by Crippen LogP contribution is -2.42. The number of nitrogens with zero attached hydrogens (tertiary/aromatic N) is 1. The lowest BCUT2D eigenvalue weighted by molar-refractivity contribution is 0.174. The van der Waals surface area contributed by atoms with E-state index >= 15 is 0 Å². The summed E-state index contributed by atoms with van der Waals surface area (Å²) >= 11 is 0. The van der Waals surface area contributed by atoms with Gasteiger partial charge in [-0.3, -0.25) is 5.43 Å². The van der Waals surface area contributed by atoms with Gasteiger partial charge in [0, 0.05) is 13.6 Å². The number of hydrazine groups is 1. The van der Waals surface area contributed by atoms with Gasteiger partial charge >= 0.3 is 6.03 Å². The number of nitrogens with two attached hydrogens (primary N) is 1. The van der Waals surface area contributed by atoms with E-state index in [-0.39, 0.29) is 12.8 Å². The Morgan fingerprint density at radius 1 is 1.44 bits per heavy atom. The second kappa shape index (κ2) is 5.14. The number of fused-ring (bicyclic) bond motifs is 1. The van der Waals surface area contributed by atoms with Crippen molar-refractivity contribution in [2.45, 2.75) is 13.3 Å². The molecule has 0 fully saturated rings. The molecule has 2 amide bonds. The van der Waals surface area contributed by atoms with Crippen molar-refractivity contribution in [1.29, 1.82) is 0 Å². The molecule has 1 aromatic rings. The third kappa shape index (κ3) is 2.48. The summed E-state index contributed by atoms with van der Waals surface area (Å²) in [6, 6.07) is 3.63. The number of amides is 2. The smallest absolute Gasteiger partial charge is 0.331 e. The molecular formula is C12H17N3O3. The first kappa shape index (κ1) is 12.5. The van der Waals surface area contributed by atoms with Crippen LogP contribution in [-0.4, -0.2) is 31.3 Å². The summed E-state index contributed by atoms with van der Waals surface area (Å²) in [5.41, 5.74) is 4.36. The highest BCUT2D eigenvalue weighted by atomic mass is 16.7. The number of carbonyl (C=O) groups excluding carboxylic acids is 1. The van der Waals surface area contributed by atoms with E-state index < -0.39 is 0 Å². The van der Waals surface area contributed by atoms with Crippen molar-refractivity contribution in [1.82, 2.24) is 10.3 Å². The summed E-state index contributed by atoms with van der Waals surface area (Å²) in [4.78, 5) is 12.8. The van der Waals surface area contributed by atoms with E-state index in [0.717, 1.165) is 29.0 Å². The number of rotatable bonds is 3. The third-order valence-corrected chi connectivity index (χ3v) is 3.02. The summed E-state index contributed by atoms with van der Waals surface area (Å²) in [7, 11) is 1.70. The van der Waals surface area contributed by atoms with Gasteiger partial charge in [0.2, 0.25) is 6.79 Å². The highest BCUT2D eigenvalue weighted by Gasteiger charge is 2.16. The molecule has 0 aliphatic carbocycles. The van der Waals surface area contributed by atoms with Gasteiger partial charge in [-0.25, -0.2) is 10.6 Å². The molecule has 98 valence electrons. The number of carbonyl (C=O) groups is 1. The van der Waals surface area contributed by atoms with E-state index in [4.69, 9.17) is 15.3 Å². The largest absolute Gasteiger partial charge is 0.454 e. The topological polar surface area (TPSA) is 76.8 Å². The van der Waals surface area contributed by atoms with Crippen LogP contribution in [0.2, 0.25) is 0 Å². The fourth-order valence-electron chi connectivity index (χ4n) is 1.85. The van der Waals surface area contributed by atoms with Crippen molar-refractivity contribution in [3.8, 4) is 11.5 Å². The quantitative estimate of drug-likeness (QED) is 0.473. The summed E-state index contributed by atoms with van der Waals surface area (Å²) in [6.45, 7) is 2.87. The highest BCUT2D eigenvalue weighted by molar-refractivity contribution is 5.73. The first-order valence-electron chi connectivity index (χ1n) is 5.72. The average molecular weight is 251 g/mol. The van der Waals surface area contributed by atoms with Gasteiger partial charge in [0.05, 0.1) is 0 Å². The highest BCUT2D eigenvalue weighted by Crippen LogP contribution is 2.34. The summed E-state index contributed by atoms with van der Waals surface area (Å²) in [5, 5.41) is 0. The van der Waals surface area contributed by atoms with Crippen molar-refractivity contribution < 1.29 is 14.3 Å². The second-order valence-corrected chi connectivity index (χ2v) is 4.25. The molecule has 18 heavy (non-hydrogen) atoms. The Bertz CT molecular complexity index is 462. The van der Waals surface area contributed by atoms with Crippen LogP contribution < -0.4 is 20.7 Å². The van der Waals surface area contributed by atoms with Crippen LogP contribution in [0, 0.1) is 6.92 Å². The minimum absolute atomic E-state index is 0.272. The Hall–Kier alpha value is -1.95. The molecule has 1 aliphatic heterocycles. The van der Waals surface area contributed by atoms with Gasteiger partial charge in [0.1, 0.15) is 0 Å². The fraction of sp³-hybridized carbons (Fsp3) is 0.417. The average Bonchev–Trinajstić information content (AvgIpc) is 2.81. The third-order valence-electron chi connectivity index (χ3n) is 3.02. The first-order valence-corrected chi connectivity index (χ1v) is 5.72. The number of likely N-dealkylation sites (N-methyl/N-ethyl adjacent to an activating group) is 1. The molecule has 0 unspecified atom stereocenters. The normalized spacial score (nSPS) is 12.4. The molecule has 1 aromatic carbocycles. The number of benzene rings is 1. The predicted molar refractivity (Wildman–Crippen MR) is 66.4 cm³/mol. The molecular weight excluding hydrogens is 234 g/mol. The van der Waals surface area contributed by atoms with Crippen molar-refractivity contribution in [3.05, 3.63) is 23.3 Å². The van der Waals surface area contributed by atoms with Crippen molar-refractivity contribution in [3.63, 3.8) is 0 Å². The van der Waals surface area contributed by atoms with E-state index in [2.05, 4.69) is 5.43 Å². The molecule has 0 atom stereocenters. The van der Waals surface area contributed by atoms with Gasteiger partial charge < -0.3 is 14.4 Å². The van der Waals surface area contributed by atoms with Crippen LogP contribution in [0.5, 0.6) is 11.5 Å². The lowest BCUT2D eigenvalue weighted by Gasteiger charge is -2.17. The molecule has 0 aromatic heterocycles. The summed E-state index contributed by atoms with van der Waals surface area (Å²) < 4.78 is 10.6. The first-order chi connectivity index (χ1) is 8.61. The minimum atomic E-state index is -0.298. The Morgan fingerprint density at radius 3 is 2.78 bits per heavy atom. The van der Waals surface area contributed by atoms with Crippen molar-refractivity contribution in [2.75, 3.05) is 20.4 Å². The maximum atomic E-state index is 11.3. The maximum Gasteiger partial charge on any atom is 0.331 e. The van der Waals surface area contributed by atoms with E-state index in [0.29, 0.717) is 6.54 Å². The van der Waals surface area contributed by atoms with Gasteiger partial charge in [-0.2, -0.15) is 0 Å². The fourth-order valence-corrected chi connectivity index (χ4v) is 1.85. The molecule has 1 aliphatic rings. The number of ether oxygens (including phenoxy) is 2. The van der Waals surface area contributed by atoms with Crippen LogP contribution in [0.4, 0.5) is 4.79 Å². The van der Waals surface area contributed by atoms with Crippen molar-refractivity contribution >= 4 is 6.03 Å². The Morgan fingerprint density at radius 2 is 2.11 bits per heavy atom. The van der Waals surface area contributed by atoms with E-state index in [1.165, 1.54) is 4.90 Å². The monoisotopic (exact) mass is 251 g/mol. The van der Waals surface area contributed by atoms with Crippen LogP contribution in [0.25, 0.3) is 0 Å². The van der Waals surface area contributed by atoms with Crippen LogP contribution in [-0.2, 0) is 6.42 Å². The summed E-state index contributed by atoms with van der Waals surface area (Å²) in [6.07, 6.45) is 0.742. The van der Waals surface area contributed by atoms with Crippen LogP contribution >= 0.6 is 0 Å². The van der Waals surface area contributed by atoms with Crippen LogP contribution in [0.15, 0.2) is 12.1 Å². The predicted octanol–water partition coefficient (Wildman–Crippen LogP) is 0.781. The SMILES string of the molecule is Cc1cc2c(cc1CCN(C)C(=O)NN)OCO2. The van der Waals surface area contributed by atoms with Gasteiger partial charge in [-0.05, 0) is 36.6 Å². The standard InChI is InChI=1S/C12H17N3O3/c1-8-5-10-11(18-7-17-10)6-9(8)3-4-15(2)12(16)14-13/h5-6H,3-4,7,13H2,1-2H3,(H,14,16). The van der Waals surface area contributed by atoms with E-state index in [1.807, 2.05) is 19.1 Å². The van der Waals surface area contributed by atoms with Crippen molar-refractivity contribution in [2.24, 2.45) is 5.84 Å². The number of hydrogen-bond acceptors (Lipinski definition) is 4. The zero-order valence-corrected chi connectivity index (χ0v) is 10.5. The van der Waals surface area contributed by atoms with Crippen LogP contribution in [0.1, 0.15) is 11.1 Å². The number of urea groups is 1. The summed E-state index contributed by atoms with van der Waals surface area (Å²) in [5.74, 6) is 6.61. The van der Waals surface area contributed by atoms with Gasteiger partial charge in [-0.15, -0.1) is 0 Å². The van der Waals surface area contributed by atoms with Gasteiger partial charge in [-0.1, -0.05) is 0 Å². The van der Waals surface area contributed by atoms with E-state index in [1.54, 1.807) is 7.05 Å². The molecule has 0 spiro atoms. The van der Waals surface area contributed by atoms with Gasteiger partial charge in [0.25, 0.3) is 0 Å². The Labute approximate surface area is 106 Å². The molecule has 1 heterocycles. The Balaban J connectivity index is 2.04. The lowest BCUT2D eigenvalue weighted by atomic mass is 10.0. The zero-order chi connectivity index (χ0) is 13.1. The van der Waals surface area contributed by atoms with E-state index in [9.17, 15) is 4.79 Å². The molecule has 3 N–H and O–H groups in total. The van der Waals surface area contributed by atoms with Crippen LogP contribution in [0.3, 0.4) is 0 Å². The molecule has 0 saturated carbocycles. The molecule has 0 bridgehead atoms. The minimum Gasteiger partial charge on any atom is -0.454 e. The number of nitrogens with one attached hydrogen (secondary N) is 1.